The van der Waals surface area contributed by atoms with E-state index in [2.05, 4.69) is 10.6 Å². The second-order valence-corrected chi connectivity index (χ2v) is 12.5. The lowest BCUT2D eigenvalue weighted by Gasteiger charge is -2.30. The van der Waals surface area contributed by atoms with Crippen LogP contribution in [0.4, 0.5) is 15.3 Å². The highest BCUT2D eigenvalue weighted by Gasteiger charge is 2.27. The number of ether oxygens (including phenoxy) is 2. The topological polar surface area (TPSA) is 120 Å². The van der Waals surface area contributed by atoms with Crippen LogP contribution in [-0.4, -0.2) is 51.2 Å². The number of hydrogen-bond acceptors (Lipinski definition) is 7. The van der Waals surface area contributed by atoms with Crippen molar-refractivity contribution in [2.45, 2.75) is 83.5 Å². The third kappa shape index (κ3) is 11.3. The number of alkyl carbamates (subject to hydrolysis) is 1. The fraction of sp³-hybridized carbons (Fsp3) is 0.517. The van der Waals surface area contributed by atoms with E-state index in [0.29, 0.717) is 44.2 Å². The minimum absolute atomic E-state index is 0.00744. The minimum atomic E-state index is -3.44. The molecule has 214 valence electrons. The molecule has 0 aromatic heterocycles. The largest absolute Gasteiger partial charge is 0.446 e. The van der Waals surface area contributed by atoms with E-state index in [4.69, 9.17) is 13.7 Å². The number of hydrogen-bond donors (Lipinski definition) is 2. The summed E-state index contributed by atoms with van der Waals surface area (Å²) < 4.78 is 38.1. The zero-order chi connectivity index (χ0) is 28.5. The first-order valence-corrected chi connectivity index (χ1v) is 15.2. The fourth-order valence-corrected chi connectivity index (χ4v) is 4.87. The van der Waals surface area contributed by atoms with Gasteiger partial charge in [0, 0.05) is 11.6 Å². The normalized spacial score (nSPS) is 17.7. The number of benzene rings is 2. The van der Waals surface area contributed by atoms with Crippen molar-refractivity contribution < 1.29 is 31.7 Å². The molecule has 0 bridgehead atoms. The van der Waals surface area contributed by atoms with Gasteiger partial charge in [-0.2, -0.15) is 8.42 Å². The molecule has 0 aliphatic heterocycles. The summed E-state index contributed by atoms with van der Waals surface area (Å²) in [4.78, 5) is 24.9. The summed E-state index contributed by atoms with van der Waals surface area (Å²) in [5, 5.41) is 5.83. The van der Waals surface area contributed by atoms with Gasteiger partial charge in [0.1, 0.15) is 11.7 Å². The quantitative estimate of drug-likeness (QED) is 0.269. The molecule has 2 aromatic rings. The average Bonchev–Trinajstić information content (AvgIpc) is 2.84. The van der Waals surface area contributed by atoms with Crippen molar-refractivity contribution in [3.8, 4) is 11.1 Å². The number of nitrogens with one attached hydrogen (secondary N) is 2. The molecular weight excluding hydrogens is 520 g/mol. The number of anilines is 1. The van der Waals surface area contributed by atoms with E-state index in [9.17, 15) is 18.0 Å². The molecular formula is C29H40N2O7S. The molecule has 0 spiro atoms. The summed E-state index contributed by atoms with van der Waals surface area (Å²) in [5.74, 6) is 0. The van der Waals surface area contributed by atoms with Crippen LogP contribution in [0.2, 0.25) is 0 Å². The van der Waals surface area contributed by atoms with Gasteiger partial charge in [-0.25, -0.2) is 9.59 Å². The number of unbranched alkanes of at least 4 members (excludes halogenated alkanes) is 1. The highest BCUT2D eigenvalue weighted by atomic mass is 32.2. The van der Waals surface area contributed by atoms with Crippen LogP contribution in [0.15, 0.2) is 48.5 Å². The Hall–Kier alpha value is -3.11. The molecule has 1 fully saturated rings. The molecule has 0 radical (unpaired) electrons. The minimum Gasteiger partial charge on any atom is -0.446 e. The molecule has 2 aromatic carbocycles. The Kier molecular flexibility index (Phi) is 10.8. The van der Waals surface area contributed by atoms with Gasteiger partial charge in [-0.15, -0.1) is 0 Å². The highest BCUT2D eigenvalue weighted by Crippen LogP contribution is 2.30. The maximum Gasteiger partial charge on any atom is 0.411 e. The van der Waals surface area contributed by atoms with Crippen molar-refractivity contribution in [3.63, 3.8) is 0 Å². The second-order valence-electron chi connectivity index (χ2n) is 10.9. The highest BCUT2D eigenvalue weighted by molar-refractivity contribution is 7.85. The molecule has 9 nitrogen and oxygen atoms in total. The Bertz CT molecular complexity index is 1200. The van der Waals surface area contributed by atoms with Crippen LogP contribution in [0.3, 0.4) is 0 Å². The molecule has 2 amide bonds. The number of carbonyl (C=O) groups excluding carboxylic acids is 2. The molecule has 39 heavy (non-hydrogen) atoms. The molecule has 1 saturated carbocycles. The Balaban J connectivity index is 1.57. The van der Waals surface area contributed by atoms with E-state index in [1.807, 2.05) is 69.3 Å². The number of rotatable bonds is 10. The molecule has 0 atom stereocenters. The summed E-state index contributed by atoms with van der Waals surface area (Å²) in [5.41, 5.74) is 2.96. The number of aryl methyl sites for hydroxylation is 1. The zero-order valence-electron chi connectivity index (χ0n) is 23.2. The summed E-state index contributed by atoms with van der Waals surface area (Å²) in [6, 6.07) is 15.7. The van der Waals surface area contributed by atoms with Gasteiger partial charge in [0.15, 0.2) is 0 Å². The van der Waals surface area contributed by atoms with Crippen LogP contribution in [0.5, 0.6) is 0 Å². The van der Waals surface area contributed by atoms with Gasteiger partial charge in [-0.3, -0.25) is 9.50 Å². The zero-order valence-corrected chi connectivity index (χ0v) is 24.0. The number of carbonyl (C=O) groups is 2. The second kappa shape index (κ2) is 13.8. The maximum atomic E-state index is 12.9. The van der Waals surface area contributed by atoms with Gasteiger partial charge in [0.25, 0.3) is 10.1 Å². The van der Waals surface area contributed by atoms with E-state index in [0.717, 1.165) is 29.4 Å². The van der Waals surface area contributed by atoms with Crippen LogP contribution < -0.4 is 10.6 Å². The molecule has 0 unspecified atom stereocenters. The molecule has 3 rings (SSSR count). The van der Waals surface area contributed by atoms with Crippen LogP contribution in [0.1, 0.15) is 64.9 Å². The van der Waals surface area contributed by atoms with Gasteiger partial charge in [0.2, 0.25) is 0 Å². The molecule has 2 N–H and O–H groups in total. The van der Waals surface area contributed by atoms with Crippen molar-refractivity contribution in [2.75, 3.05) is 18.2 Å². The third-order valence-corrected chi connectivity index (χ3v) is 6.83. The van der Waals surface area contributed by atoms with Crippen molar-refractivity contribution in [2.24, 2.45) is 0 Å². The lowest BCUT2D eigenvalue weighted by molar-refractivity contribution is 0.0440. The molecule has 1 aliphatic rings. The standard InChI is InChI=1S/C29H40N2O7S/c1-29(2,3)38-28(33)30-23-14-16-24(17-15-23)37-27(32)31-26-20-21(10-8-9-19-36-39(4,34)35)13-18-25(26)22-11-6-5-7-12-22/h5-7,11-13,18,20,23-24H,8-10,14-17,19H2,1-4H3,(H,30,33)(H,31,32). The van der Waals surface area contributed by atoms with Gasteiger partial charge < -0.3 is 14.8 Å². The molecule has 1 aliphatic carbocycles. The fourth-order valence-electron chi connectivity index (χ4n) is 4.45. The summed E-state index contributed by atoms with van der Waals surface area (Å²) >= 11 is 0. The van der Waals surface area contributed by atoms with E-state index >= 15 is 0 Å². The molecule has 10 heteroatoms. The Morgan fingerprint density at radius 2 is 1.64 bits per heavy atom. The van der Waals surface area contributed by atoms with Gasteiger partial charge >= 0.3 is 12.2 Å². The molecule has 0 saturated heterocycles. The van der Waals surface area contributed by atoms with Crippen LogP contribution >= 0.6 is 0 Å². The smallest absolute Gasteiger partial charge is 0.411 e. The Morgan fingerprint density at radius 1 is 0.949 bits per heavy atom. The van der Waals surface area contributed by atoms with Crippen LogP contribution in [-0.2, 0) is 30.2 Å². The van der Waals surface area contributed by atoms with Crippen LogP contribution in [0, 0.1) is 0 Å². The first-order valence-electron chi connectivity index (χ1n) is 13.4. The average molecular weight is 561 g/mol. The predicted molar refractivity (Wildman–Crippen MR) is 151 cm³/mol. The van der Waals surface area contributed by atoms with Crippen molar-refractivity contribution in [3.05, 3.63) is 54.1 Å². The lowest BCUT2D eigenvalue weighted by Crippen LogP contribution is -2.42. The van der Waals surface area contributed by atoms with Gasteiger partial charge in [0.05, 0.1) is 18.6 Å². The Morgan fingerprint density at radius 3 is 2.28 bits per heavy atom. The van der Waals surface area contributed by atoms with Crippen molar-refractivity contribution >= 4 is 28.0 Å². The number of amides is 2. The molecule has 0 heterocycles. The van der Waals surface area contributed by atoms with Gasteiger partial charge in [-0.1, -0.05) is 42.5 Å². The third-order valence-electron chi connectivity index (χ3n) is 6.23. The SMILES string of the molecule is CC(C)(C)OC(=O)NC1CCC(OC(=O)Nc2cc(CCCCOS(C)(=O)=O)ccc2-c2ccccc2)CC1. The monoisotopic (exact) mass is 560 g/mol. The first-order chi connectivity index (χ1) is 18.4. The van der Waals surface area contributed by atoms with Gasteiger partial charge in [-0.05, 0) is 82.9 Å². The van der Waals surface area contributed by atoms with E-state index in [1.54, 1.807) is 0 Å². The Labute approximate surface area is 231 Å². The van der Waals surface area contributed by atoms with Crippen molar-refractivity contribution in [1.29, 1.82) is 0 Å². The predicted octanol–water partition coefficient (Wildman–Crippen LogP) is 6.04. The van der Waals surface area contributed by atoms with E-state index in [1.165, 1.54) is 0 Å². The van der Waals surface area contributed by atoms with Crippen LogP contribution in [0.25, 0.3) is 11.1 Å². The lowest BCUT2D eigenvalue weighted by atomic mass is 9.93. The summed E-state index contributed by atoms with van der Waals surface area (Å²) in [6.07, 6.45) is 4.60. The van der Waals surface area contributed by atoms with E-state index in [-0.39, 0.29) is 18.8 Å². The summed E-state index contributed by atoms with van der Waals surface area (Å²) in [7, 11) is -3.44. The van der Waals surface area contributed by atoms with E-state index < -0.39 is 27.9 Å². The summed E-state index contributed by atoms with van der Waals surface area (Å²) in [6.45, 7) is 5.62. The maximum absolute atomic E-state index is 12.9. The first kappa shape index (κ1) is 30.4. The van der Waals surface area contributed by atoms with Crippen molar-refractivity contribution in [1.82, 2.24) is 5.32 Å².